The summed E-state index contributed by atoms with van der Waals surface area (Å²) in [4.78, 5) is 27.4. The van der Waals surface area contributed by atoms with E-state index < -0.39 is 18.2 Å². The van der Waals surface area contributed by atoms with Crippen LogP contribution in [-0.4, -0.2) is 58.3 Å². The fourth-order valence-corrected chi connectivity index (χ4v) is 4.31. The Balaban J connectivity index is 1.94. The Kier molecular flexibility index (Phi) is 9.33. The molecule has 1 aromatic carbocycles. The minimum atomic E-state index is -1.05. The molecule has 1 aromatic heterocycles. The molecule has 0 aliphatic heterocycles. The zero-order chi connectivity index (χ0) is 23.8. The van der Waals surface area contributed by atoms with Crippen molar-refractivity contribution in [1.82, 2.24) is 10.2 Å². The molecule has 33 heavy (non-hydrogen) atoms. The van der Waals surface area contributed by atoms with E-state index >= 15 is 0 Å². The maximum Gasteiger partial charge on any atom is 0.247 e. The van der Waals surface area contributed by atoms with Gasteiger partial charge in [0, 0.05) is 37.1 Å². The van der Waals surface area contributed by atoms with Crippen LogP contribution in [0.4, 0.5) is 0 Å². The number of hydrogen-bond acceptors (Lipinski definition) is 6. The van der Waals surface area contributed by atoms with Crippen molar-refractivity contribution >= 4 is 34.4 Å². The molecule has 1 heterocycles. The predicted molar refractivity (Wildman–Crippen MR) is 130 cm³/mol. The van der Waals surface area contributed by atoms with Crippen LogP contribution in [0.2, 0.25) is 0 Å². The van der Waals surface area contributed by atoms with E-state index in [4.69, 9.17) is 14.3 Å². The van der Waals surface area contributed by atoms with Gasteiger partial charge < -0.3 is 29.6 Å². The number of amides is 2. The molecule has 3 unspecified atom stereocenters. The number of nitrogens with zero attached hydrogens (tertiary/aromatic N) is 1. The Morgan fingerprint density at radius 1 is 1.30 bits per heavy atom. The van der Waals surface area contributed by atoms with Gasteiger partial charge in [0.1, 0.15) is 18.0 Å². The second-order valence-electron chi connectivity index (χ2n) is 7.85. The Morgan fingerprint density at radius 3 is 2.76 bits per heavy atom. The number of halogens is 1. The molecule has 0 fully saturated rings. The van der Waals surface area contributed by atoms with E-state index in [1.807, 2.05) is 25.1 Å². The SMILES string of the molecule is CCCC(=O)N(Cc1ccoc1)C1CC(C(=O)NCCO)=CC(Oc2ccccc2I)C1O. The first-order valence-electron chi connectivity index (χ1n) is 10.9. The van der Waals surface area contributed by atoms with Crippen molar-refractivity contribution < 1.29 is 29.0 Å². The van der Waals surface area contributed by atoms with Gasteiger partial charge in [-0.25, -0.2) is 0 Å². The molecular weight excluding hydrogens is 539 g/mol. The summed E-state index contributed by atoms with van der Waals surface area (Å²) >= 11 is 2.15. The number of aliphatic hydroxyl groups excluding tert-OH is 2. The molecule has 0 saturated carbocycles. The second kappa shape index (κ2) is 12.2. The van der Waals surface area contributed by atoms with E-state index in [2.05, 4.69) is 27.9 Å². The van der Waals surface area contributed by atoms with Gasteiger partial charge in [-0.2, -0.15) is 0 Å². The average molecular weight is 568 g/mol. The Bertz CT molecular complexity index is 962. The lowest BCUT2D eigenvalue weighted by atomic mass is 9.87. The van der Waals surface area contributed by atoms with Crippen LogP contribution in [0.3, 0.4) is 0 Å². The summed E-state index contributed by atoms with van der Waals surface area (Å²) in [6.07, 6.45) is 3.95. The van der Waals surface area contributed by atoms with E-state index in [-0.39, 0.29) is 37.9 Å². The predicted octanol–water partition coefficient (Wildman–Crippen LogP) is 2.63. The molecule has 0 radical (unpaired) electrons. The second-order valence-corrected chi connectivity index (χ2v) is 9.01. The molecule has 2 aromatic rings. The fourth-order valence-electron chi connectivity index (χ4n) is 3.79. The molecule has 178 valence electrons. The van der Waals surface area contributed by atoms with E-state index in [1.54, 1.807) is 29.4 Å². The fraction of sp³-hybridized carbons (Fsp3) is 0.417. The third-order valence-corrected chi connectivity index (χ3v) is 6.32. The molecular formula is C24H29IN2O6. The quantitative estimate of drug-likeness (QED) is 0.380. The normalized spacial score (nSPS) is 20.1. The van der Waals surface area contributed by atoms with Crippen molar-refractivity contribution in [3.05, 3.63) is 63.6 Å². The maximum atomic E-state index is 13.1. The van der Waals surface area contributed by atoms with Crippen LogP contribution in [0.5, 0.6) is 5.75 Å². The van der Waals surface area contributed by atoms with Crippen LogP contribution in [0.25, 0.3) is 0 Å². The number of ether oxygens (including phenoxy) is 1. The van der Waals surface area contributed by atoms with Crippen LogP contribution >= 0.6 is 22.6 Å². The van der Waals surface area contributed by atoms with Gasteiger partial charge >= 0.3 is 0 Å². The summed E-state index contributed by atoms with van der Waals surface area (Å²) in [6, 6.07) is 8.49. The Hall–Kier alpha value is -2.37. The van der Waals surface area contributed by atoms with E-state index in [9.17, 15) is 14.7 Å². The van der Waals surface area contributed by atoms with Gasteiger partial charge in [-0.3, -0.25) is 9.59 Å². The Labute approximate surface area is 206 Å². The lowest BCUT2D eigenvalue weighted by Gasteiger charge is -2.40. The molecule has 0 spiro atoms. The topological polar surface area (TPSA) is 112 Å². The molecule has 1 aliphatic rings. The smallest absolute Gasteiger partial charge is 0.247 e. The first kappa shape index (κ1) is 25.3. The van der Waals surface area contributed by atoms with Crippen molar-refractivity contribution in [2.45, 2.75) is 51.0 Å². The van der Waals surface area contributed by atoms with Crippen LogP contribution in [-0.2, 0) is 16.1 Å². The monoisotopic (exact) mass is 568 g/mol. The molecule has 3 rings (SSSR count). The van der Waals surface area contributed by atoms with Crippen LogP contribution in [0.15, 0.2) is 58.9 Å². The van der Waals surface area contributed by atoms with Gasteiger partial charge in [0.05, 0.1) is 28.7 Å². The summed E-state index contributed by atoms with van der Waals surface area (Å²) in [6.45, 7) is 2.09. The first-order chi connectivity index (χ1) is 15.9. The number of furan rings is 1. The number of aliphatic hydroxyl groups is 2. The number of rotatable bonds is 10. The highest BCUT2D eigenvalue weighted by atomic mass is 127. The zero-order valence-electron chi connectivity index (χ0n) is 18.4. The number of carbonyl (C=O) groups excluding carboxylic acids is 2. The van der Waals surface area contributed by atoms with Crippen molar-refractivity contribution in [1.29, 1.82) is 0 Å². The summed E-state index contributed by atoms with van der Waals surface area (Å²) in [5.41, 5.74) is 1.19. The van der Waals surface area contributed by atoms with Gasteiger partial charge in [0.15, 0.2) is 0 Å². The molecule has 3 N–H and O–H groups in total. The third-order valence-electron chi connectivity index (χ3n) is 5.43. The van der Waals surface area contributed by atoms with Gasteiger partial charge in [0.2, 0.25) is 11.8 Å². The van der Waals surface area contributed by atoms with Crippen molar-refractivity contribution in [3.8, 4) is 5.75 Å². The average Bonchev–Trinajstić information content (AvgIpc) is 3.32. The first-order valence-corrected chi connectivity index (χ1v) is 12.0. The molecule has 9 heteroatoms. The lowest BCUT2D eigenvalue weighted by molar-refractivity contribution is -0.139. The standard InChI is InChI=1S/C24H29IN2O6/c1-2-5-22(29)27(14-16-8-11-32-15-16)19-12-17(24(31)26-9-10-28)13-21(23(19)30)33-20-7-4-3-6-18(20)25/h3-4,6-8,11,13,15,19,21,23,28,30H,2,5,9-10,12,14H2,1H3,(H,26,31). The summed E-state index contributed by atoms with van der Waals surface area (Å²) in [5, 5.41) is 23.1. The molecule has 1 aliphatic carbocycles. The highest BCUT2D eigenvalue weighted by Gasteiger charge is 2.40. The van der Waals surface area contributed by atoms with E-state index in [0.717, 1.165) is 9.13 Å². The highest BCUT2D eigenvalue weighted by molar-refractivity contribution is 14.1. The van der Waals surface area contributed by atoms with Crippen LogP contribution in [0, 0.1) is 3.57 Å². The van der Waals surface area contributed by atoms with E-state index in [1.165, 1.54) is 6.26 Å². The number of para-hydroxylation sites is 1. The molecule has 0 bridgehead atoms. The van der Waals surface area contributed by atoms with Crippen LogP contribution in [0.1, 0.15) is 31.7 Å². The maximum absolute atomic E-state index is 13.1. The number of benzene rings is 1. The van der Waals surface area contributed by atoms with Crippen LogP contribution < -0.4 is 10.1 Å². The lowest BCUT2D eigenvalue weighted by Crippen LogP contribution is -2.54. The number of hydrogen-bond donors (Lipinski definition) is 3. The largest absolute Gasteiger partial charge is 0.482 e. The number of carbonyl (C=O) groups is 2. The minimum Gasteiger partial charge on any atom is -0.482 e. The number of nitrogens with one attached hydrogen (secondary N) is 1. The Morgan fingerprint density at radius 2 is 2.09 bits per heavy atom. The third kappa shape index (κ3) is 6.58. The van der Waals surface area contributed by atoms with Crippen molar-refractivity contribution in [2.24, 2.45) is 0 Å². The summed E-state index contributed by atoms with van der Waals surface area (Å²) < 4.78 is 12.1. The van der Waals surface area contributed by atoms with Gasteiger partial charge in [0.25, 0.3) is 0 Å². The molecule has 3 atom stereocenters. The summed E-state index contributed by atoms with van der Waals surface area (Å²) in [7, 11) is 0. The van der Waals surface area contributed by atoms with Gasteiger partial charge in [-0.05, 0) is 53.3 Å². The highest BCUT2D eigenvalue weighted by Crippen LogP contribution is 2.30. The summed E-state index contributed by atoms with van der Waals surface area (Å²) in [5.74, 6) is 0.103. The molecule has 0 saturated heterocycles. The molecule has 8 nitrogen and oxygen atoms in total. The minimum absolute atomic E-state index is 0.110. The van der Waals surface area contributed by atoms with Gasteiger partial charge in [-0.15, -0.1) is 0 Å². The molecule has 2 amide bonds. The van der Waals surface area contributed by atoms with E-state index in [0.29, 0.717) is 24.2 Å². The van der Waals surface area contributed by atoms with Gasteiger partial charge in [-0.1, -0.05) is 19.1 Å². The zero-order valence-corrected chi connectivity index (χ0v) is 20.6. The van der Waals surface area contributed by atoms with Crippen molar-refractivity contribution in [2.75, 3.05) is 13.2 Å². The van der Waals surface area contributed by atoms with Crippen molar-refractivity contribution in [3.63, 3.8) is 0 Å².